The van der Waals surface area contributed by atoms with E-state index in [9.17, 15) is 9.90 Å². The maximum atomic E-state index is 11.3. The Bertz CT molecular complexity index is 257. The molecule has 1 heterocycles. The lowest BCUT2D eigenvalue weighted by molar-refractivity contribution is -0.148. The molecule has 94 valence electrons. The van der Waals surface area contributed by atoms with Crippen LogP contribution in [0.5, 0.6) is 0 Å². The van der Waals surface area contributed by atoms with Gasteiger partial charge in [-0.3, -0.25) is 9.69 Å². The molecule has 4 heteroatoms. The van der Waals surface area contributed by atoms with E-state index in [4.69, 9.17) is 4.74 Å². The highest BCUT2D eigenvalue weighted by Gasteiger charge is 2.44. The first kappa shape index (κ1) is 13.5. The third-order valence-electron chi connectivity index (χ3n) is 4.14. The summed E-state index contributed by atoms with van der Waals surface area (Å²) < 4.78 is 5.30. The Labute approximate surface area is 97.6 Å². The first-order valence-corrected chi connectivity index (χ1v) is 5.97. The smallest absolute Gasteiger partial charge is 0.310 e. The third kappa shape index (κ3) is 2.38. The molecule has 0 aromatic heterocycles. The number of nitrogens with zero attached hydrogens (tertiary/aromatic N) is 1. The fraction of sp³-hybridized carbons (Fsp3) is 0.917. The van der Waals surface area contributed by atoms with Crippen LogP contribution >= 0.6 is 0 Å². The van der Waals surface area contributed by atoms with Gasteiger partial charge in [-0.15, -0.1) is 0 Å². The molecule has 1 saturated heterocycles. The number of aliphatic carboxylic acids is 1. The van der Waals surface area contributed by atoms with Crippen LogP contribution < -0.4 is 0 Å². The van der Waals surface area contributed by atoms with E-state index in [0.29, 0.717) is 13.0 Å². The number of methoxy groups -OCH3 is 1. The minimum Gasteiger partial charge on any atom is -0.481 e. The molecule has 3 unspecified atom stereocenters. The lowest BCUT2D eigenvalue weighted by Crippen LogP contribution is -2.42. The Morgan fingerprint density at radius 2 is 2.19 bits per heavy atom. The second kappa shape index (κ2) is 5.15. The van der Waals surface area contributed by atoms with Gasteiger partial charge >= 0.3 is 5.97 Å². The van der Waals surface area contributed by atoms with E-state index in [0.717, 1.165) is 13.0 Å². The van der Waals surface area contributed by atoms with Gasteiger partial charge in [-0.2, -0.15) is 0 Å². The lowest BCUT2D eigenvalue weighted by atomic mass is 9.84. The van der Waals surface area contributed by atoms with Crippen LogP contribution in [0.1, 0.15) is 33.6 Å². The predicted octanol–water partition coefficient (Wildman–Crippen LogP) is 1.60. The van der Waals surface area contributed by atoms with Crippen molar-refractivity contribution >= 4 is 5.97 Å². The van der Waals surface area contributed by atoms with Crippen LogP contribution in [0.25, 0.3) is 0 Å². The van der Waals surface area contributed by atoms with Crippen molar-refractivity contribution in [2.24, 2.45) is 5.41 Å². The van der Waals surface area contributed by atoms with Gasteiger partial charge < -0.3 is 9.84 Å². The van der Waals surface area contributed by atoms with E-state index < -0.39 is 11.4 Å². The summed E-state index contributed by atoms with van der Waals surface area (Å²) in [5.41, 5.74) is -0.540. The summed E-state index contributed by atoms with van der Waals surface area (Å²) in [5, 5.41) is 9.30. The van der Waals surface area contributed by atoms with E-state index in [1.807, 2.05) is 13.8 Å². The van der Waals surface area contributed by atoms with Crippen molar-refractivity contribution in [1.82, 2.24) is 4.90 Å². The Hall–Kier alpha value is -0.610. The average molecular weight is 229 g/mol. The van der Waals surface area contributed by atoms with Crippen molar-refractivity contribution in [3.8, 4) is 0 Å². The molecule has 0 saturated carbocycles. The van der Waals surface area contributed by atoms with Crippen LogP contribution in [0.2, 0.25) is 0 Å². The number of hydrogen-bond acceptors (Lipinski definition) is 3. The zero-order chi connectivity index (χ0) is 12.3. The molecule has 0 amide bonds. The van der Waals surface area contributed by atoms with Gasteiger partial charge in [0.25, 0.3) is 0 Å². The molecule has 0 bridgehead atoms. The molecule has 16 heavy (non-hydrogen) atoms. The normalized spacial score (nSPS) is 30.2. The molecule has 1 rings (SSSR count). The molecule has 3 atom stereocenters. The fourth-order valence-corrected chi connectivity index (χ4v) is 2.36. The largest absolute Gasteiger partial charge is 0.481 e. The van der Waals surface area contributed by atoms with Crippen LogP contribution in [-0.2, 0) is 9.53 Å². The van der Waals surface area contributed by atoms with E-state index in [2.05, 4.69) is 11.8 Å². The van der Waals surface area contributed by atoms with Gasteiger partial charge in [0.05, 0.1) is 11.5 Å². The summed E-state index contributed by atoms with van der Waals surface area (Å²) >= 11 is 0. The standard InChI is InChI=1S/C12H23NO3/c1-5-12(11(14)15)6-7-13(8-12)9(2)10(3)16-4/h9-10H,5-8H2,1-4H3,(H,14,15). The van der Waals surface area contributed by atoms with Gasteiger partial charge in [-0.1, -0.05) is 6.92 Å². The number of carboxylic acid groups (broad SMARTS) is 1. The quantitative estimate of drug-likeness (QED) is 0.778. The van der Waals surface area contributed by atoms with Gasteiger partial charge in [-0.25, -0.2) is 0 Å². The van der Waals surface area contributed by atoms with Crippen molar-refractivity contribution < 1.29 is 14.6 Å². The highest BCUT2D eigenvalue weighted by atomic mass is 16.5. The van der Waals surface area contributed by atoms with Gasteiger partial charge in [0, 0.05) is 19.7 Å². The molecule has 4 nitrogen and oxygen atoms in total. The van der Waals surface area contributed by atoms with Crippen LogP contribution in [0.15, 0.2) is 0 Å². The summed E-state index contributed by atoms with van der Waals surface area (Å²) in [6, 6.07) is 0.276. The summed E-state index contributed by atoms with van der Waals surface area (Å²) in [7, 11) is 1.70. The first-order chi connectivity index (χ1) is 7.46. The number of hydrogen-bond donors (Lipinski definition) is 1. The SMILES string of the molecule is CCC1(C(=O)O)CCN(C(C)C(C)OC)C1. The number of carboxylic acids is 1. The van der Waals surface area contributed by atoms with Crippen LogP contribution in [0, 0.1) is 5.41 Å². The Balaban J connectivity index is 2.67. The fourth-order valence-electron chi connectivity index (χ4n) is 2.36. The van der Waals surface area contributed by atoms with Crippen molar-refractivity contribution in [3.05, 3.63) is 0 Å². The average Bonchev–Trinajstić information content (AvgIpc) is 2.72. The zero-order valence-electron chi connectivity index (χ0n) is 10.7. The maximum absolute atomic E-state index is 11.3. The van der Waals surface area contributed by atoms with E-state index in [-0.39, 0.29) is 12.1 Å². The minimum atomic E-state index is -0.658. The van der Waals surface area contributed by atoms with E-state index >= 15 is 0 Å². The molecular formula is C12H23NO3. The Morgan fingerprint density at radius 3 is 2.56 bits per heavy atom. The Kier molecular flexibility index (Phi) is 4.33. The predicted molar refractivity (Wildman–Crippen MR) is 62.5 cm³/mol. The monoisotopic (exact) mass is 229 g/mol. The van der Waals surface area contributed by atoms with Crippen molar-refractivity contribution in [3.63, 3.8) is 0 Å². The highest BCUT2D eigenvalue weighted by Crippen LogP contribution is 2.35. The first-order valence-electron chi connectivity index (χ1n) is 5.97. The van der Waals surface area contributed by atoms with Crippen LogP contribution in [0.4, 0.5) is 0 Å². The number of ether oxygens (including phenoxy) is 1. The van der Waals surface area contributed by atoms with Crippen molar-refractivity contribution in [1.29, 1.82) is 0 Å². The number of likely N-dealkylation sites (tertiary alicyclic amines) is 1. The third-order valence-corrected chi connectivity index (χ3v) is 4.14. The van der Waals surface area contributed by atoms with Crippen LogP contribution in [-0.4, -0.2) is 48.3 Å². The molecule has 0 radical (unpaired) electrons. The minimum absolute atomic E-state index is 0.140. The summed E-state index contributed by atoms with van der Waals surface area (Å²) in [4.78, 5) is 13.5. The maximum Gasteiger partial charge on any atom is 0.310 e. The van der Waals surface area contributed by atoms with Gasteiger partial charge in [0.2, 0.25) is 0 Å². The molecule has 0 aliphatic carbocycles. The lowest BCUT2D eigenvalue weighted by Gasteiger charge is -2.30. The van der Waals surface area contributed by atoms with E-state index in [1.54, 1.807) is 7.11 Å². The molecular weight excluding hydrogens is 206 g/mol. The molecule has 1 fully saturated rings. The van der Waals surface area contributed by atoms with Gasteiger partial charge in [-0.05, 0) is 33.2 Å². The summed E-state index contributed by atoms with van der Waals surface area (Å²) in [5.74, 6) is -0.658. The molecule has 0 aromatic carbocycles. The summed E-state index contributed by atoms with van der Waals surface area (Å²) in [6.45, 7) is 7.59. The molecule has 1 N–H and O–H groups in total. The zero-order valence-corrected chi connectivity index (χ0v) is 10.7. The molecule has 0 spiro atoms. The second-order valence-electron chi connectivity index (χ2n) is 4.84. The van der Waals surface area contributed by atoms with Gasteiger partial charge in [0.1, 0.15) is 0 Å². The second-order valence-corrected chi connectivity index (χ2v) is 4.84. The van der Waals surface area contributed by atoms with Gasteiger partial charge in [0.15, 0.2) is 0 Å². The molecule has 0 aromatic rings. The summed E-state index contributed by atoms with van der Waals surface area (Å²) in [6.07, 6.45) is 1.59. The molecule has 1 aliphatic heterocycles. The van der Waals surface area contributed by atoms with Crippen molar-refractivity contribution in [2.75, 3.05) is 20.2 Å². The Morgan fingerprint density at radius 1 is 1.56 bits per heavy atom. The number of carbonyl (C=O) groups is 1. The number of rotatable bonds is 5. The molecule has 1 aliphatic rings. The topological polar surface area (TPSA) is 49.8 Å². The highest BCUT2D eigenvalue weighted by molar-refractivity contribution is 5.75. The van der Waals surface area contributed by atoms with E-state index in [1.165, 1.54) is 0 Å². The van der Waals surface area contributed by atoms with Crippen molar-refractivity contribution in [2.45, 2.75) is 45.8 Å². The van der Waals surface area contributed by atoms with Crippen LogP contribution in [0.3, 0.4) is 0 Å².